The van der Waals surface area contributed by atoms with Crippen molar-refractivity contribution in [1.29, 1.82) is 5.26 Å². The maximum absolute atomic E-state index is 11.7. The summed E-state index contributed by atoms with van der Waals surface area (Å²) in [6.07, 6.45) is 0.639. The van der Waals surface area contributed by atoms with Crippen LogP contribution in [0.1, 0.15) is 29.9 Å². The number of alkyl halides is 1. The number of nitriles is 1. The van der Waals surface area contributed by atoms with Crippen LogP contribution in [-0.2, 0) is 22.6 Å². The lowest BCUT2D eigenvalue weighted by molar-refractivity contribution is -0.129. The van der Waals surface area contributed by atoms with Gasteiger partial charge in [0.2, 0.25) is 11.8 Å². The summed E-state index contributed by atoms with van der Waals surface area (Å²) in [7, 11) is 0. The first-order chi connectivity index (χ1) is 9.43. The van der Waals surface area contributed by atoms with E-state index in [1.165, 1.54) is 18.3 Å². The maximum Gasteiger partial charge on any atom is 0.242 e. The van der Waals surface area contributed by atoms with Crippen molar-refractivity contribution < 1.29 is 9.59 Å². The zero-order valence-corrected chi connectivity index (χ0v) is 12.8. The number of nitrogens with one attached hydrogen (secondary N) is 1. The lowest BCUT2D eigenvalue weighted by Crippen LogP contribution is -2.33. The van der Waals surface area contributed by atoms with Gasteiger partial charge in [-0.15, -0.1) is 22.9 Å². The second-order valence-corrected chi connectivity index (χ2v) is 6.38. The van der Waals surface area contributed by atoms with Crippen LogP contribution >= 0.6 is 22.9 Å². The highest BCUT2D eigenvalue weighted by molar-refractivity contribution is 7.16. The number of thiophene rings is 1. The van der Waals surface area contributed by atoms with Gasteiger partial charge in [-0.1, -0.05) is 0 Å². The van der Waals surface area contributed by atoms with Crippen molar-refractivity contribution >= 4 is 39.8 Å². The third-order valence-corrected chi connectivity index (χ3v) is 4.54. The monoisotopic (exact) mass is 311 g/mol. The molecule has 0 saturated carbocycles. The van der Waals surface area contributed by atoms with Crippen molar-refractivity contribution in [3.63, 3.8) is 0 Å². The van der Waals surface area contributed by atoms with Gasteiger partial charge >= 0.3 is 0 Å². The summed E-state index contributed by atoms with van der Waals surface area (Å²) >= 11 is 7.07. The summed E-state index contributed by atoms with van der Waals surface area (Å²) in [5, 5.41) is 11.8. The molecule has 2 heterocycles. The van der Waals surface area contributed by atoms with Gasteiger partial charge < -0.3 is 10.2 Å². The van der Waals surface area contributed by atoms with E-state index in [9.17, 15) is 14.9 Å². The van der Waals surface area contributed by atoms with E-state index in [0.717, 1.165) is 10.4 Å². The minimum atomic E-state index is -0.658. The highest BCUT2D eigenvalue weighted by Crippen LogP contribution is 2.36. The Hall–Kier alpha value is -1.58. The first-order valence-electron chi connectivity index (χ1n) is 6.19. The molecule has 1 aromatic heterocycles. The first kappa shape index (κ1) is 14.8. The number of hydrogen-bond donors (Lipinski definition) is 1. The van der Waals surface area contributed by atoms with E-state index in [-0.39, 0.29) is 11.8 Å². The molecule has 1 atom stereocenters. The highest BCUT2D eigenvalue weighted by atomic mass is 35.5. The summed E-state index contributed by atoms with van der Waals surface area (Å²) in [6.45, 7) is 4.21. The van der Waals surface area contributed by atoms with Crippen molar-refractivity contribution in [3.05, 3.63) is 16.0 Å². The van der Waals surface area contributed by atoms with Gasteiger partial charge in [0.1, 0.15) is 16.4 Å². The number of amides is 2. The summed E-state index contributed by atoms with van der Waals surface area (Å²) in [5.74, 6) is -0.312. The van der Waals surface area contributed by atoms with Gasteiger partial charge in [0.25, 0.3) is 0 Å². The second kappa shape index (κ2) is 5.81. The standard InChI is InChI=1S/C13H14ClN3O2S/c1-7(14)12(19)16-13-10(5-15)9-3-4-17(8(2)18)6-11(9)20-13/h7H,3-4,6H2,1-2H3,(H,16,19). The van der Waals surface area contributed by atoms with Gasteiger partial charge in [-0.25, -0.2) is 0 Å². The lowest BCUT2D eigenvalue weighted by Gasteiger charge is -2.25. The van der Waals surface area contributed by atoms with Crippen molar-refractivity contribution in [2.24, 2.45) is 0 Å². The number of anilines is 1. The number of carbonyl (C=O) groups excluding carboxylic acids is 2. The number of carbonyl (C=O) groups is 2. The fourth-order valence-electron chi connectivity index (χ4n) is 2.09. The van der Waals surface area contributed by atoms with E-state index in [1.807, 2.05) is 0 Å². The van der Waals surface area contributed by atoms with Crippen LogP contribution < -0.4 is 5.32 Å². The molecule has 5 nitrogen and oxygen atoms in total. The average molecular weight is 312 g/mol. The fraction of sp³-hybridized carbons (Fsp3) is 0.462. The second-order valence-electron chi connectivity index (χ2n) is 4.62. The maximum atomic E-state index is 11.7. The Bertz CT molecular complexity index is 603. The van der Waals surface area contributed by atoms with E-state index in [4.69, 9.17) is 11.6 Å². The number of rotatable bonds is 2. The quantitative estimate of drug-likeness (QED) is 0.850. The van der Waals surface area contributed by atoms with E-state index >= 15 is 0 Å². The molecule has 0 bridgehead atoms. The van der Waals surface area contributed by atoms with Crippen molar-refractivity contribution in [2.45, 2.75) is 32.2 Å². The largest absolute Gasteiger partial charge is 0.337 e. The minimum absolute atomic E-state index is 0.0162. The zero-order valence-electron chi connectivity index (χ0n) is 11.2. The Morgan fingerprint density at radius 3 is 2.80 bits per heavy atom. The van der Waals surface area contributed by atoms with Crippen LogP contribution in [0.5, 0.6) is 0 Å². The highest BCUT2D eigenvalue weighted by Gasteiger charge is 2.26. The van der Waals surface area contributed by atoms with Gasteiger partial charge in [0, 0.05) is 18.3 Å². The van der Waals surface area contributed by atoms with Crippen LogP contribution in [0.25, 0.3) is 0 Å². The molecule has 106 valence electrons. The summed E-state index contributed by atoms with van der Waals surface area (Å²) < 4.78 is 0. The van der Waals surface area contributed by atoms with Crippen LogP contribution in [0.4, 0.5) is 5.00 Å². The Morgan fingerprint density at radius 1 is 1.55 bits per heavy atom. The molecule has 2 amide bonds. The molecule has 2 rings (SSSR count). The number of nitrogens with zero attached hydrogens (tertiary/aromatic N) is 2. The van der Waals surface area contributed by atoms with Gasteiger partial charge in [0.05, 0.1) is 12.1 Å². The van der Waals surface area contributed by atoms with Gasteiger partial charge in [0.15, 0.2) is 0 Å². The SMILES string of the molecule is CC(=O)N1CCc2c(sc(NC(=O)C(C)Cl)c2C#N)C1. The molecule has 0 aromatic carbocycles. The van der Waals surface area contributed by atoms with E-state index in [0.29, 0.717) is 30.1 Å². The molecular weight excluding hydrogens is 298 g/mol. The normalized spacial score (nSPS) is 15.2. The third kappa shape index (κ3) is 2.79. The molecule has 1 aliphatic heterocycles. The van der Waals surface area contributed by atoms with Gasteiger partial charge in [-0.2, -0.15) is 5.26 Å². The molecule has 20 heavy (non-hydrogen) atoms. The van der Waals surface area contributed by atoms with Crippen LogP contribution in [0, 0.1) is 11.3 Å². The average Bonchev–Trinajstić information content (AvgIpc) is 2.74. The van der Waals surface area contributed by atoms with E-state index < -0.39 is 5.38 Å². The summed E-state index contributed by atoms with van der Waals surface area (Å²) in [5.41, 5.74) is 1.44. The fourth-order valence-corrected chi connectivity index (χ4v) is 3.36. The zero-order chi connectivity index (χ0) is 14.9. The van der Waals surface area contributed by atoms with Crippen molar-refractivity contribution in [2.75, 3.05) is 11.9 Å². The van der Waals surface area contributed by atoms with Crippen LogP contribution in [0.2, 0.25) is 0 Å². The first-order valence-corrected chi connectivity index (χ1v) is 7.44. The molecule has 1 N–H and O–H groups in total. The molecule has 1 unspecified atom stereocenters. The summed E-state index contributed by atoms with van der Waals surface area (Å²) in [4.78, 5) is 25.8. The predicted octanol–water partition coefficient (Wildman–Crippen LogP) is 2.09. The Balaban J connectivity index is 2.31. The third-order valence-electron chi connectivity index (χ3n) is 3.21. The van der Waals surface area contributed by atoms with Gasteiger partial charge in [-0.05, 0) is 18.9 Å². The Labute approximate surface area is 126 Å². The molecule has 1 aliphatic rings. The minimum Gasteiger partial charge on any atom is -0.337 e. The summed E-state index contributed by atoms with van der Waals surface area (Å²) in [6, 6.07) is 2.14. The molecule has 0 saturated heterocycles. The molecule has 1 aromatic rings. The Kier molecular flexibility index (Phi) is 4.31. The predicted molar refractivity (Wildman–Crippen MR) is 77.8 cm³/mol. The van der Waals surface area contributed by atoms with Crippen LogP contribution in [0.3, 0.4) is 0 Å². The van der Waals surface area contributed by atoms with Crippen LogP contribution in [-0.4, -0.2) is 28.6 Å². The topological polar surface area (TPSA) is 73.2 Å². The molecule has 0 radical (unpaired) electrons. The van der Waals surface area contributed by atoms with E-state index in [2.05, 4.69) is 11.4 Å². The number of fused-ring (bicyclic) bond motifs is 1. The van der Waals surface area contributed by atoms with Crippen LogP contribution in [0.15, 0.2) is 0 Å². The van der Waals surface area contributed by atoms with E-state index in [1.54, 1.807) is 11.8 Å². The number of hydrogen-bond acceptors (Lipinski definition) is 4. The van der Waals surface area contributed by atoms with Crippen molar-refractivity contribution in [1.82, 2.24) is 4.90 Å². The Morgan fingerprint density at radius 2 is 2.25 bits per heavy atom. The van der Waals surface area contributed by atoms with Gasteiger partial charge in [-0.3, -0.25) is 9.59 Å². The van der Waals surface area contributed by atoms with Crippen molar-refractivity contribution in [3.8, 4) is 6.07 Å². The molecule has 0 spiro atoms. The molecular formula is C13H14ClN3O2S. The molecule has 0 fully saturated rings. The molecule has 7 heteroatoms. The lowest BCUT2D eigenvalue weighted by atomic mass is 10.0. The molecule has 0 aliphatic carbocycles. The smallest absolute Gasteiger partial charge is 0.242 e. The number of halogens is 1.